The van der Waals surface area contributed by atoms with Gasteiger partial charge in [0.1, 0.15) is 0 Å². The van der Waals surface area contributed by atoms with Gasteiger partial charge in [-0.05, 0) is 62.2 Å². The molecule has 144 valence electrons. The number of carbonyl (C=O) groups excluding carboxylic acids is 2. The summed E-state index contributed by atoms with van der Waals surface area (Å²) in [6, 6.07) is 12.3. The molecule has 1 unspecified atom stereocenters. The van der Waals surface area contributed by atoms with Crippen molar-refractivity contribution in [2.45, 2.75) is 32.1 Å². The fraction of sp³-hybridized carbons (Fsp3) is 0.333. The third kappa shape index (κ3) is 4.22. The van der Waals surface area contributed by atoms with Crippen molar-refractivity contribution >= 4 is 33.4 Å². The first-order valence-corrected chi connectivity index (χ1v) is 9.77. The SMILES string of the molecule is CCOC(=O)C(CC)(CCN)c1cccc(C(=O)c2ccc(Br)cc2)c1N. The van der Waals surface area contributed by atoms with E-state index in [1.165, 1.54) is 0 Å². The van der Waals surface area contributed by atoms with Crippen molar-refractivity contribution in [1.82, 2.24) is 0 Å². The molecule has 0 aliphatic heterocycles. The summed E-state index contributed by atoms with van der Waals surface area (Å²) in [6.07, 6.45) is 0.867. The minimum Gasteiger partial charge on any atom is -0.465 e. The van der Waals surface area contributed by atoms with Gasteiger partial charge in [-0.3, -0.25) is 9.59 Å². The van der Waals surface area contributed by atoms with Gasteiger partial charge in [-0.25, -0.2) is 0 Å². The fourth-order valence-electron chi connectivity index (χ4n) is 3.31. The lowest BCUT2D eigenvalue weighted by atomic mass is 9.73. The van der Waals surface area contributed by atoms with E-state index in [1.54, 1.807) is 49.4 Å². The summed E-state index contributed by atoms with van der Waals surface area (Å²) in [5.74, 6) is -0.554. The number of carbonyl (C=O) groups is 2. The monoisotopic (exact) mass is 432 g/mol. The third-order valence-corrected chi connectivity index (χ3v) is 5.34. The average molecular weight is 433 g/mol. The first-order chi connectivity index (χ1) is 12.9. The predicted octanol–water partition coefficient (Wildman–Crippen LogP) is 3.82. The first-order valence-electron chi connectivity index (χ1n) is 8.97. The number of halogens is 1. The number of nitrogens with two attached hydrogens (primary N) is 2. The topological polar surface area (TPSA) is 95.4 Å². The highest BCUT2D eigenvalue weighted by molar-refractivity contribution is 9.10. The summed E-state index contributed by atoms with van der Waals surface area (Å²) in [6.45, 7) is 4.23. The van der Waals surface area contributed by atoms with Crippen LogP contribution in [0.25, 0.3) is 0 Å². The van der Waals surface area contributed by atoms with Gasteiger partial charge >= 0.3 is 5.97 Å². The Morgan fingerprint density at radius 1 is 1.11 bits per heavy atom. The number of benzene rings is 2. The van der Waals surface area contributed by atoms with Crippen molar-refractivity contribution in [2.75, 3.05) is 18.9 Å². The molecule has 0 amide bonds. The molecule has 0 spiro atoms. The van der Waals surface area contributed by atoms with Gasteiger partial charge in [0.05, 0.1) is 12.0 Å². The maximum Gasteiger partial charge on any atom is 0.316 e. The van der Waals surface area contributed by atoms with Gasteiger partial charge in [-0.1, -0.05) is 35.0 Å². The van der Waals surface area contributed by atoms with Gasteiger partial charge in [0.25, 0.3) is 0 Å². The molecule has 0 radical (unpaired) electrons. The third-order valence-electron chi connectivity index (χ3n) is 4.81. The molecule has 0 aromatic heterocycles. The van der Waals surface area contributed by atoms with Gasteiger partial charge < -0.3 is 16.2 Å². The summed E-state index contributed by atoms with van der Waals surface area (Å²) in [7, 11) is 0. The van der Waals surface area contributed by atoms with Gasteiger partial charge in [0.2, 0.25) is 0 Å². The molecule has 4 N–H and O–H groups in total. The quantitative estimate of drug-likeness (QED) is 0.375. The van der Waals surface area contributed by atoms with E-state index in [0.717, 1.165) is 4.47 Å². The largest absolute Gasteiger partial charge is 0.465 e. The van der Waals surface area contributed by atoms with Crippen molar-refractivity contribution in [2.24, 2.45) is 5.73 Å². The Balaban J connectivity index is 2.57. The Hall–Kier alpha value is -2.18. The summed E-state index contributed by atoms with van der Waals surface area (Å²) in [4.78, 5) is 25.8. The molecular weight excluding hydrogens is 408 g/mol. The lowest BCUT2D eigenvalue weighted by Crippen LogP contribution is -2.40. The summed E-state index contributed by atoms with van der Waals surface area (Å²) in [5.41, 5.74) is 13.0. The second-order valence-corrected chi connectivity index (χ2v) is 7.21. The van der Waals surface area contributed by atoms with Gasteiger partial charge in [0, 0.05) is 21.3 Å². The number of hydrogen-bond acceptors (Lipinski definition) is 5. The van der Waals surface area contributed by atoms with Crippen LogP contribution < -0.4 is 11.5 Å². The van der Waals surface area contributed by atoms with Gasteiger partial charge in [-0.15, -0.1) is 0 Å². The highest BCUT2D eigenvalue weighted by atomic mass is 79.9. The molecule has 2 aromatic rings. The van der Waals surface area contributed by atoms with Crippen molar-refractivity contribution < 1.29 is 14.3 Å². The number of rotatable bonds is 8. The van der Waals surface area contributed by atoms with Crippen LogP contribution in [-0.2, 0) is 14.9 Å². The van der Waals surface area contributed by atoms with Crippen LogP contribution in [0.1, 0.15) is 48.2 Å². The van der Waals surface area contributed by atoms with E-state index in [4.69, 9.17) is 16.2 Å². The fourth-order valence-corrected chi connectivity index (χ4v) is 3.58. The molecule has 27 heavy (non-hydrogen) atoms. The molecule has 1 atom stereocenters. The van der Waals surface area contributed by atoms with Crippen LogP contribution in [0.2, 0.25) is 0 Å². The van der Waals surface area contributed by atoms with Crippen molar-refractivity contribution in [3.8, 4) is 0 Å². The molecule has 6 heteroatoms. The molecule has 0 bridgehead atoms. The minimum absolute atomic E-state index is 0.191. The molecule has 0 heterocycles. The Morgan fingerprint density at radius 3 is 2.33 bits per heavy atom. The highest BCUT2D eigenvalue weighted by Crippen LogP contribution is 2.38. The lowest BCUT2D eigenvalue weighted by Gasteiger charge is -2.32. The number of hydrogen-bond donors (Lipinski definition) is 2. The van der Waals surface area contributed by atoms with Crippen molar-refractivity contribution in [3.63, 3.8) is 0 Å². The standard InChI is InChI=1S/C21H25BrN2O3/c1-3-21(12-13-23,20(26)27-4-2)17-7-5-6-16(18(17)24)19(25)14-8-10-15(22)11-9-14/h5-11H,3-4,12-13,23-24H2,1-2H3. The molecule has 0 saturated carbocycles. The molecule has 0 aliphatic rings. The van der Waals surface area contributed by atoms with E-state index in [2.05, 4.69) is 15.9 Å². The Bertz CT molecular complexity index is 821. The highest BCUT2D eigenvalue weighted by Gasteiger charge is 2.41. The van der Waals surface area contributed by atoms with E-state index < -0.39 is 5.41 Å². The van der Waals surface area contributed by atoms with E-state index in [-0.39, 0.29) is 18.4 Å². The van der Waals surface area contributed by atoms with Crippen molar-refractivity contribution in [3.05, 3.63) is 63.6 Å². The maximum atomic E-state index is 13.0. The maximum absolute atomic E-state index is 13.0. The van der Waals surface area contributed by atoms with E-state index in [9.17, 15) is 9.59 Å². The minimum atomic E-state index is -0.967. The van der Waals surface area contributed by atoms with E-state index in [1.807, 2.05) is 6.92 Å². The molecule has 2 rings (SSSR count). The van der Waals surface area contributed by atoms with E-state index in [0.29, 0.717) is 41.8 Å². The van der Waals surface area contributed by atoms with E-state index >= 15 is 0 Å². The first kappa shape index (κ1) is 21.1. The summed E-state index contributed by atoms with van der Waals surface area (Å²) in [5, 5.41) is 0. The predicted molar refractivity (Wildman–Crippen MR) is 111 cm³/mol. The van der Waals surface area contributed by atoms with Crippen LogP contribution >= 0.6 is 15.9 Å². The van der Waals surface area contributed by atoms with Crippen LogP contribution in [-0.4, -0.2) is 24.9 Å². The number of anilines is 1. The molecule has 2 aromatic carbocycles. The lowest BCUT2D eigenvalue weighted by molar-refractivity contribution is -0.150. The zero-order valence-corrected chi connectivity index (χ0v) is 17.2. The number of esters is 1. The second kappa shape index (κ2) is 9.15. The summed E-state index contributed by atoms with van der Waals surface area (Å²) < 4.78 is 6.20. The van der Waals surface area contributed by atoms with Crippen LogP contribution in [0.15, 0.2) is 46.9 Å². The number of ether oxygens (including phenoxy) is 1. The molecule has 0 saturated heterocycles. The second-order valence-electron chi connectivity index (χ2n) is 6.30. The van der Waals surface area contributed by atoms with Gasteiger partial charge in [-0.2, -0.15) is 0 Å². The zero-order valence-electron chi connectivity index (χ0n) is 15.6. The van der Waals surface area contributed by atoms with Crippen LogP contribution in [0.4, 0.5) is 5.69 Å². The Labute approximate surface area is 168 Å². The average Bonchev–Trinajstić information content (AvgIpc) is 2.67. The number of para-hydroxylation sites is 1. The Kier molecular flexibility index (Phi) is 7.16. The van der Waals surface area contributed by atoms with Crippen LogP contribution in [0, 0.1) is 0 Å². The normalized spacial score (nSPS) is 13.0. The molecule has 0 aliphatic carbocycles. The number of ketones is 1. The number of nitrogen functional groups attached to an aromatic ring is 1. The molecular formula is C21H25BrN2O3. The van der Waals surface area contributed by atoms with Gasteiger partial charge in [0.15, 0.2) is 5.78 Å². The van der Waals surface area contributed by atoms with Crippen molar-refractivity contribution in [1.29, 1.82) is 0 Å². The Morgan fingerprint density at radius 2 is 1.78 bits per heavy atom. The zero-order chi connectivity index (χ0) is 20.0. The smallest absolute Gasteiger partial charge is 0.316 e. The van der Waals surface area contributed by atoms with Crippen LogP contribution in [0.3, 0.4) is 0 Å². The summed E-state index contributed by atoms with van der Waals surface area (Å²) >= 11 is 3.36. The molecule has 5 nitrogen and oxygen atoms in total. The molecule has 0 fully saturated rings. The van der Waals surface area contributed by atoms with Crippen LogP contribution in [0.5, 0.6) is 0 Å².